The fourth-order valence-corrected chi connectivity index (χ4v) is 4.76. The van der Waals surface area contributed by atoms with Crippen molar-refractivity contribution in [1.82, 2.24) is 30.2 Å². The molecule has 0 radical (unpaired) electrons. The van der Waals surface area contributed by atoms with Gasteiger partial charge in [0.1, 0.15) is 6.33 Å². The average molecular weight is 545 g/mol. The van der Waals surface area contributed by atoms with Crippen LogP contribution in [0.25, 0.3) is 11.3 Å². The van der Waals surface area contributed by atoms with Gasteiger partial charge < -0.3 is 10.6 Å². The van der Waals surface area contributed by atoms with Crippen molar-refractivity contribution < 1.29 is 13.6 Å². The van der Waals surface area contributed by atoms with Crippen molar-refractivity contribution in [1.29, 1.82) is 0 Å². The van der Waals surface area contributed by atoms with Crippen molar-refractivity contribution >= 4 is 23.2 Å². The lowest BCUT2D eigenvalue weighted by Gasteiger charge is -2.40. The Morgan fingerprint density at radius 2 is 1.82 bits per heavy atom. The van der Waals surface area contributed by atoms with E-state index in [9.17, 15) is 13.6 Å². The first-order valence-electron chi connectivity index (χ1n) is 13.0. The number of carbonyl (C=O) groups is 1. The second-order valence-electron chi connectivity index (χ2n) is 9.50. The minimum absolute atomic E-state index is 0.0179. The molecule has 11 heteroatoms. The van der Waals surface area contributed by atoms with E-state index in [-0.39, 0.29) is 17.3 Å². The van der Waals surface area contributed by atoms with Crippen molar-refractivity contribution in [3.8, 4) is 11.3 Å². The van der Waals surface area contributed by atoms with Crippen LogP contribution in [-0.2, 0) is 0 Å². The average Bonchev–Trinajstić information content (AvgIpc) is 2.99. The molecule has 2 aromatic heterocycles. The van der Waals surface area contributed by atoms with Gasteiger partial charge in [-0.3, -0.25) is 14.6 Å². The molecule has 4 aromatic rings. The minimum atomic E-state index is -2.77. The number of hydrogen-bond acceptors (Lipinski definition) is 8. The van der Waals surface area contributed by atoms with Crippen LogP contribution in [0.2, 0.25) is 0 Å². The maximum Gasteiger partial charge on any atom is 0.264 e. The SMILES string of the molecule is Cc1ccc(N(C(=O)c2ccccc2C(F)F)C(C)N2CCNCC2)cc1Nc1nccc(-c2cncnc2)n1. The van der Waals surface area contributed by atoms with Crippen LogP contribution in [0.15, 0.2) is 73.4 Å². The third-order valence-electron chi connectivity index (χ3n) is 6.96. The molecule has 1 amide bonds. The molecule has 206 valence electrons. The Bertz CT molecular complexity index is 1460. The molecular formula is C29H30F2N8O. The van der Waals surface area contributed by atoms with Gasteiger partial charge >= 0.3 is 0 Å². The number of aryl methyl sites for hydroxylation is 1. The monoisotopic (exact) mass is 544 g/mol. The van der Waals surface area contributed by atoms with E-state index in [0.717, 1.165) is 37.3 Å². The Morgan fingerprint density at radius 3 is 2.58 bits per heavy atom. The minimum Gasteiger partial charge on any atom is -0.324 e. The largest absolute Gasteiger partial charge is 0.324 e. The highest BCUT2D eigenvalue weighted by molar-refractivity contribution is 6.07. The normalized spacial score (nSPS) is 14.6. The maximum atomic E-state index is 14.0. The predicted octanol–water partition coefficient (Wildman–Crippen LogP) is 4.82. The van der Waals surface area contributed by atoms with Gasteiger partial charge in [0, 0.05) is 72.8 Å². The number of piperazine rings is 1. The number of nitrogens with one attached hydrogen (secondary N) is 2. The molecule has 5 rings (SSSR count). The molecule has 2 N–H and O–H groups in total. The zero-order valence-electron chi connectivity index (χ0n) is 22.3. The number of aromatic nitrogens is 4. The Morgan fingerprint density at radius 1 is 1.07 bits per heavy atom. The molecule has 0 spiro atoms. The molecule has 1 saturated heterocycles. The topological polar surface area (TPSA) is 99.2 Å². The third kappa shape index (κ3) is 5.95. The van der Waals surface area contributed by atoms with Gasteiger partial charge in [-0.25, -0.2) is 28.7 Å². The van der Waals surface area contributed by atoms with E-state index >= 15 is 0 Å². The number of anilines is 3. The summed E-state index contributed by atoms with van der Waals surface area (Å²) in [5, 5.41) is 6.58. The summed E-state index contributed by atoms with van der Waals surface area (Å²) < 4.78 is 27.8. The summed E-state index contributed by atoms with van der Waals surface area (Å²) in [6.07, 6.45) is 3.28. The molecule has 1 fully saturated rings. The molecule has 1 aliphatic heterocycles. The highest BCUT2D eigenvalue weighted by atomic mass is 19.3. The van der Waals surface area contributed by atoms with Gasteiger partial charge in [-0.05, 0) is 43.7 Å². The molecule has 40 heavy (non-hydrogen) atoms. The van der Waals surface area contributed by atoms with E-state index in [0.29, 0.717) is 23.0 Å². The van der Waals surface area contributed by atoms with Gasteiger partial charge in [-0.15, -0.1) is 0 Å². The lowest BCUT2D eigenvalue weighted by atomic mass is 10.0. The maximum absolute atomic E-state index is 14.0. The number of amides is 1. The number of benzene rings is 2. The molecule has 3 heterocycles. The van der Waals surface area contributed by atoms with Crippen LogP contribution in [0.1, 0.15) is 34.8 Å². The van der Waals surface area contributed by atoms with E-state index in [1.165, 1.54) is 24.5 Å². The fourth-order valence-electron chi connectivity index (χ4n) is 4.76. The number of halogens is 2. The molecule has 2 aromatic carbocycles. The lowest BCUT2D eigenvalue weighted by molar-refractivity contribution is 0.0910. The van der Waals surface area contributed by atoms with E-state index in [2.05, 4.69) is 35.5 Å². The summed E-state index contributed by atoms with van der Waals surface area (Å²) in [7, 11) is 0. The number of hydrogen-bond donors (Lipinski definition) is 2. The summed E-state index contributed by atoms with van der Waals surface area (Å²) in [4.78, 5) is 34.8. The Balaban J connectivity index is 1.52. The molecule has 1 aliphatic rings. The van der Waals surface area contributed by atoms with Gasteiger partial charge in [0.05, 0.1) is 11.9 Å². The zero-order chi connectivity index (χ0) is 28.1. The van der Waals surface area contributed by atoms with Crippen LogP contribution >= 0.6 is 0 Å². The summed E-state index contributed by atoms with van der Waals surface area (Å²) in [6.45, 7) is 6.86. The molecule has 0 bridgehead atoms. The van der Waals surface area contributed by atoms with Gasteiger partial charge in [-0.1, -0.05) is 24.3 Å². The highest BCUT2D eigenvalue weighted by Gasteiger charge is 2.31. The number of nitrogens with zero attached hydrogens (tertiary/aromatic N) is 6. The van der Waals surface area contributed by atoms with Crippen molar-refractivity contribution in [2.75, 3.05) is 36.4 Å². The first-order chi connectivity index (χ1) is 19.4. The van der Waals surface area contributed by atoms with Crippen molar-refractivity contribution in [2.45, 2.75) is 26.4 Å². The van der Waals surface area contributed by atoms with Gasteiger partial charge in [0.15, 0.2) is 0 Å². The van der Waals surface area contributed by atoms with Gasteiger partial charge in [-0.2, -0.15) is 0 Å². The first-order valence-corrected chi connectivity index (χ1v) is 13.0. The Hall–Kier alpha value is -4.35. The zero-order valence-corrected chi connectivity index (χ0v) is 22.3. The lowest BCUT2D eigenvalue weighted by Crippen LogP contribution is -2.55. The second-order valence-corrected chi connectivity index (χ2v) is 9.50. The fraction of sp³-hybridized carbons (Fsp3) is 0.276. The predicted molar refractivity (Wildman–Crippen MR) is 150 cm³/mol. The Labute approximate surface area is 231 Å². The van der Waals surface area contributed by atoms with E-state index in [1.54, 1.807) is 35.6 Å². The van der Waals surface area contributed by atoms with Crippen molar-refractivity contribution in [2.24, 2.45) is 0 Å². The van der Waals surface area contributed by atoms with Crippen LogP contribution in [0.5, 0.6) is 0 Å². The van der Waals surface area contributed by atoms with Crippen LogP contribution in [0.4, 0.5) is 26.1 Å². The molecule has 9 nitrogen and oxygen atoms in total. The smallest absolute Gasteiger partial charge is 0.264 e. The van der Waals surface area contributed by atoms with Gasteiger partial charge in [0.25, 0.3) is 12.3 Å². The number of carbonyl (C=O) groups excluding carboxylic acids is 1. The first kappa shape index (κ1) is 27.2. The molecule has 0 aliphatic carbocycles. The summed E-state index contributed by atoms with van der Waals surface area (Å²) in [6, 6.07) is 13.2. The van der Waals surface area contributed by atoms with Crippen molar-refractivity contribution in [3.05, 3.63) is 90.1 Å². The standard InChI is InChI=1S/C29H30F2N8O/c1-19-7-8-22(15-26(19)37-29-35-10-9-25(36-29)21-16-33-18-34-17-21)39(20(2)38-13-11-32-12-14-38)28(40)24-6-4-3-5-23(24)27(30)31/h3-10,15-18,20,27,32H,11-14H2,1-2H3,(H,35,36,37). The summed E-state index contributed by atoms with van der Waals surface area (Å²) in [5.41, 5.74) is 3.25. The number of alkyl halides is 2. The quantitative estimate of drug-likeness (QED) is 0.326. The third-order valence-corrected chi connectivity index (χ3v) is 6.96. The Kier molecular flexibility index (Phi) is 8.32. The summed E-state index contributed by atoms with van der Waals surface area (Å²) >= 11 is 0. The highest BCUT2D eigenvalue weighted by Crippen LogP contribution is 2.31. The van der Waals surface area contributed by atoms with Crippen LogP contribution in [0, 0.1) is 6.92 Å². The van der Waals surface area contributed by atoms with E-state index < -0.39 is 12.3 Å². The number of rotatable bonds is 8. The van der Waals surface area contributed by atoms with Crippen LogP contribution < -0.4 is 15.5 Å². The molecule has 0 saturated carbocycles. The van der Waals surface area contributed by atoms with Crippen LogP contribution in [-0.4, -0.2) is 63.1 Å². The van der Waals surface area contributed by atoms with Crippen molar-refractivity contribution in [3.63, 3.8) is 0 Å². The molecule has 1 unspecified atom stereocenters. The molecule has 1 atom stereocenters. The van der Waals surface area contributed by atoms with Gasteiger partial charge in [0.2, 0.25) is 5.95 Å². The second kappa shape index (κ2) is 12.2. The molecular weight excluding hydrogens is 514 g/mol. The van der Waals surface area contributed by atoms with Crippen LogP contribution in [0.3, 0.4) is 0 Å². The van der Waals surface area contributed by atoms with E-state index in [1.807, 2.05) is 32.0 Å². The van der Waals surface area contributed by atoms with E-state index in [4.69, 9.17) is 0 Å². The summed E-state index contributed by atoms with van der Waals surface area (Å²) in [5.74, 6) is -0.128.